The van der Waals surface area contributed by atoms with Gasteiger partial charge in [-0.3, -0.25) is 9.11 Å². The maximum atomic E-state index is 16.2. The molecule has 39 heavy (non-hydrogen) atoms. The van der Waals surface area contributed by atoms with Crippen molar-refractivity contribution < 1.29 is 36.4 Å². The Kier molecular flexibility index (Phi) is 5.92. The molecule has 0 aliphatic carbocycles. The molecule has 5 heterocycles. The highest BCUT2D eigenvalue weighted by molar-refractivity contribution is 7.84. The molecule has 3 aliphatic rings. The molecule has 5 atom stereocenters. The van der Waals surface area contributed by atoms with E-state index in [4.69, 9.17) is 16.3 Å². The van der Waals surface area contributed by atoms with E-state index >= 15 is 4.39 Å². The van der Waals surface area contributed by atoms with Gasteiger partial charge in [-0.2, -0.15) is 13.2 Å². The lowest BCUT2D eigenvalue weighted by molar-refractivity contribution is -0.137. The highest BCUT2D eigenvalue weighted by Crippen LogP contribution is 2.47. The SMILES string of the molecule is CC1Oc2nc(-c3cccc(Cl)c3C(F)(F)F)c(F)c3nc(S(C)=O)nc(c23)N2CC3CCC(C12)N3C(=O)O. The van der Waals surface area contributed by atoms with Crippen molar-refractivity contribution in [2.45, 2.75) is 55.3 Å². The van der Waals surface area contributed by atoms with Crippen LogP contribution in [0.2, 0.25) is 5.02 Å². The van der Waals surface area contributed by atoms with Crippen molar-refractivity contribution in [3.8, 4) is 17.1 Å². The van der Waals surface area contributed by atoms with Crippen molar-refractivity contribution in [3.05, 3.63) is 34.6 Å². The molecular formula is C24H20ClF4N5O4S. The van der Waals surface area contributed by atoms with Crippen LogP contribution in [-0.2, 0) is 17.0 Å². The number of rotatable bonds is 2. The molecule has 206 valence electrons. The minimum absolute atomic E-state index is 0.0126. The molecule has 2 saturated heterocycles. The summed E-state index contributed by atoms with van der Waals surface area (Å²) in [6, 6.07) is 1.91. The number of hydrogen-bond donors (Lipinski definition) is 1. The number of amides is 1. The van der Waals surface area contributed by atoms with Gasteiger partial charge >= 0.3 is 12.3 Å². The largest absolute Gasteiger partial charge is 0.472 e. The van der Waals surface area contributed by atoms with Crippen LogP contribution < -0.4 is 9.64 Å². The lowest BCUT2D eigenvalue weighted by Crippen LogP contribution is -2.64. The minimum atomic E-state index is -4.92. The van der Waals surface area contributed by atoms with E-state index in [1.807, 2.05) is 4.90 Å². The van der Waals surface area contributed by atoms with Gasteiger partial charge in [0.1, 0.15) is 28.5 Å². The number of pyridine rings is 1. The molecule has 6 rings (SSSR count). The number of ether oxygens (including phenoxy) is 1. The van der Waals surface area contributed by atoms with Crippen LogP contribution >= 0.6 is 11.6 Å². The predicted molar refractivity (Wildman–Crippen MR) is 133 cm³/mol. The van der Waals surface area contributed by atoms with Gasteiger partial charge in [-0.15, -0.1) is 0 Å². The van der Waals surface area contributed by atoms with Gasteiger partial charge in [-0.05, 0) is 25.8 Å². The van der Waals surface area contributed by atoms with Gasteiger partial charge in [0.15, 0.2) is 5.82 Å². The smallest absolute Gasteiger partial charge is 0.418 e. The molecule has 1 N–H and O–H groups in total. The fourth-order valence-electron chi connectivity index (χ4n) is 6.03. The molecule has 0 radical (unpaired) electrons. The van der Waals surface area contributed by atoms with Gasteiger partial charge in [0.25, 0.3) is 0 Å². The number of piperazine rings is 1. The van der Waals surface area contributed by atoms with E-state index in [1.165, 1.54) is 17.2 Å². The summed E-state index contributed by atoms with van der Waals surface area (Å²) in [5, 5.41) is 9.00. The number of fused-ring (bicyclic) bond motifs is 5. The third kappa shape index (κ3) is 3.90. The van der Waals surface area contributed by atoms with Crippen LogP contribution in [0.4, 0.5) is 28.2 Å². The van der Waals surface area contributed by atoms with Crippen molar-refractivity contribution in [2.24, 2.45) is 0 Å². The molecule has 1 amide bonds. The topological polar surface area (TPSA) is 109 Å². The lowest BCUT2D eigenvalue weighted by Gasteiger charge is -2.47. The van der Waals surface area contributed by atoms with E-state index in [2.05, 4.69) is 15.0 Å². The quantitative estimate of drug-likeness (QED) is 0.340. The number of aromatic nitrogens is 3. The summed E-state index contributed by atoms with van der Waals surface area (Å²) in [5.74, 6) is -1.24. The highest BCUT2D eigenvalue weighted by atomic mass is 35.5. The van der Waals surface area contributed by atoms with Gasteiger partial charge in [-0.25, -0.2) is 24.1 Å². The molecule has 0 saturated carbocycles. The highest BCUT2D eigenvalue weighted by Gasteiger charge is 2.53. The first-order valence-corrected chi connectivity index (χ1v) is 13.9. The maximum absolute atomic E-state index is 16.2. The van der Waals surface area contributed by atoms with E-state index in [0.717, 1.165) is 12.1 Å². The van der Waals surface area contributed by atoms with Crippen LogP contribution in [0.5, 0.6) is 5.88 Å². The Morgan fingerprint density at radius 1 is 1.23 bits per heavy atom. The third-order valence-corrected chi connectivity index (χ3v) is 8.51. The Morgan fingerprint density at radius 3 is 2.64 bits per heavy atom. The first-order chi connectivity index (χ1) is 18.4. The van der Waals surface area contributed by atoms with Crippen molar-refractivity contribution >= 4 is 45.2 Å². The second-order valence-corrected chi connectivity index (χ2v) is 11.4. The van der Waals surface area contributed by atoms with E-state index in [1.54, 1.807) is 6.92 Å². The molecule has 3 aliphatic heterocycles. The number of hydrogen-bond acceptors (Lipinski definition) is 7. The molecule has 9 nitrogen and oxygen atoms in total. The summed E-state index contributed by atoms with van der Waals surface area (Å²) >= 11 is 5.89. The molecule has 1 aromatic carbocycles. The Morgan fingerprint density at radius 2 is 1.97 bits per heavy atom. The normalized spacial score (nSPS) is 24.8. The van der Waals surface area contributed by atoms with Gasteiger partial charge in [0.2, 0.25) is 11.0 Å². The number of carboxylic acid groups (broad SMARTS) is 1. The summed E-state index contributed by atoms with van der Waals surface area (Å²) in [7, 11) is -1.79. The van der Waals surface area contributed by atoms with Crippen LogP contribution in [-0.4, -0.2) is 72.3 Å². The summed E-state index contributed by atoms with van der Waals surface area (Å²) in [5.41, 5.74) is -2.98. The Bertz CT molecular complexity index is 1570. The minimum Gasteiger partial charge on any atom is -0.472 e. The zero-order valence-corrected chi connectivity index (χ0v) is 21.9. The summed E-state index contributed by atoms with van der Waals surface area (Å²) in [6.45, 7) is 1.89. The number of alkyl halides is 3. The van der Waals surface area contributed by atoms with E-state index in [9.17, 15) is 27.3 Å². The van der Waals surface area contributed by atoms with Crippen LogP contribution in [0, 0.1) is 5.82 Å². The van der Waals surface area contributed by atoms with E-state index in [0.29, 0.717) is 12.8 Å². The molecule has 0 spiro atoms. The summed E-state index contributed by atoms with van der Waals surface area (Å²) in [4.78, 5) is 28.0. The average molecular weight is 586 g/mol. The number of benzene rings is 1. The van der Waals surface area contributed by atoms with Crippen molar-refractivity contribution in [1.29, 1.82) is 0 Å². The fourth-order valence-corrected chi connectivity index (χ4v) is 6.75. The maximum Gasteiger partial charge on any atom is 0.418 e. The van der Waals surface area contributed by atoms with Gasteiger partial charge in [0, 0.05) is 18.4 Å². The van der Waals surface area contributed by atoms with Crippen LogP contribution in [0.3, 0.4) is 0 Å². The zero-order valence-electron chi connectivity index (χ0n) is 20.4. The summed E-state index contributed by atoms with van der Waals surface area (Å²) in [6.07, 6.45) is -4.28. The molecule has 15 heteroatoms. The Balaban J connectivity index is 1.64. The standard InChI is InChI=1S/C24H20ClF4N5O4S/c1-9-19-13-7-6-10(34(13)23(35)36)8-33(19)20-14-18(31-22(32-20)39(2)37)16(26)17(30-21(14)38-9)11-4-3-5-12(25)15(11)24(27,28)29/h3-5,9-10,13,19H,6-8H2,1-2H3,(H,35,36). The Labute approximate surface area is 226 Å². The first-order valence-electron chi connectivity index (χ1n) is 11.9. The van der Waals surface area contributed by atoms with Gasteiger partial charge in [-0.1, -0.05) is 23.7 Å². The number of halogens is 5. The van der Waals surface area contributed by atoms with Crippen molar-refractivity contribution in [3.63, 3.8) is 0 Å². The molecule has 2 fully saturated rings. The predicted octanol–water partition coefficient (Wildman–Crippen LogP) is 4.72. The number of carbonyl (C=O) groups is 1. The molecule has 3 aromatic rings. The molecule has 2 bridgehead atoms. The van der Waals surface area contributed by atoms with Crippen molar-refractivity contribution in [2.75, 3.05) is 17.7 Å². The van der Waals surface area contributed by atoms with Crippen LogP contribution in [0.25, 0.3) is 22.2 Å². The second-order valence-electron chi connectivity index (χ2n) is 9.70. The van der Waals surface area contributed by atoms with Gasteiger partial charge in [0.05, 0.1) is 39.5 Å². The zero-order chi connectivity index (χ0) is 28.0. The fraction of sp³-hybridized carbons (Fsp3) is 0.417. The van der Waals surface area contributed by atoms with Crippen molar-refractivity contribution in [1.82, 2.24) is 19.9 Å². The lowest BCUT2D eigenvalue weighted by atomic mass is 9.98. The van der Waals surface area contributed by atoms with E-state index < -0.39 is 74.4 Å². The summed E-state index contributed by atoms with van der Waals surface area (Å²) < 4.78 is 76.8. The third-order valence-electron chi connectivity index (χ3n) is 7.50. The first kappa shape index (κ1) is 26.0. The number of nitrogens with zero attached hydrogens (tertiary/aromatic N) is 5. The molecular weight excluding hydrogens is 566 g/mol. The van der Waals surface area contributed by atoms with Crippen LogP contribution in [0.15, 0.2) is 23.4 Å². The molecule has 5 unspecified atom stereocenters. The van der Waals surface area contributed by atoms with Crippen LogP contribution in [0.1, 0.15) is 25.3 Å². The number of anilines is 1. The Hall–Kier alpha value is -3.26. The monoisotopic (exact) mass is 585 g/mol. The average Bonchev–Trinajstić information content (AvgIpc) is 3.11. The van der Waals surface area contributed by atoms with E-state index in [-0.39, 0.29) is 34.8 Å². The van der Waals surface area contributed by atoms with Gasteiger partial charge < -0.3 is 14.7 Å². The second kappa shape index (κ2) is 8.88. The molecule has 2 aromatic heterocycles.